The SMILES string of the molecule is CN(C)S(=O)(=O)N1CCN(C2CC(c3c[nH]c4ccc(F)cc34)CC[N]2)CC1. The van der Waals surface area contributed by atoms with Gasteiger partial charge in [-0.1, -0.05) is 0 Å². The number of piperazine rings is 1. The Labute approximate surface area is 165 Å². The summed E-state index contributed by atoms with van der Waals surface area (Å²) in [6.07, 6.45) is 3.92. The Morgan fingerprint density at radius 1 is 1.21 bits per heavy atom. The maximum Gasteiger partial charge on any atom is 0.281 e. The fourth-order valence-corrected chi connectivity index (χ4v) is 5.38. The van der Waals surface area contributed by atoms with E-state index in [0.717, 1.165) is 35.9 Å². The van der Waals surface area contributed by atoms with E-state index >= 15 is 0 Å². The van der Waals surface area contributed by atoms with E-state index in [0.29, 0.717) is 32.1 Å². The molecule has 0 aliphatic carbocycles. The first kappa shape index (κ1) is 19.8. The summed E-state index contributed by atoms with van der Waals surface area (Å²) in [6, 6.07) is 4.86. The molecule has 2 aromatic rings. The Morgan fingerprint density at radius 3 is 2.68 bits per heavy atom. The van der Waals surface area contributed by atoms with Crippen molar-refractivity contribution in [2.45, 2.75) is 24.9 Å². The highest BCUT2D eigenvalue weighted by Crippen LogP contribution is 2.34. The predicted octanol–water partition coefficient (Wildman–Crippen LogP) is 1.54. The van der Waals surface area contributed by atoms with E-state index in [1.54, 1.807) is 26.2 Å². The van der Waals surface area contributed by atoms with Crippen molar-refractivity contribution in [2.24, 2.45) is 0 Å². The van der Waals surface area contributed by atoms with Crippen LogP contribution in [0, 0.1) is 5.82 Å². The smallest absolute Gasteiger partial charge is 0.281 e. The summed E-state index contributed by atoms with van der Waals surface area (Å²) in [5.41, 5.74) is 2.11. The largest absolute Gasteiger partial charge is 0.361 e. The van der Waals surface area contributed by atoms with Crippen LogP contribution in [0.5, 0.6) is 0 Å². The molecule has 1 aromatic heterocycles. The zero-order valence-electron chi connectivity index (χ0n) is 16.3. The summed E-state index contributed by atoms with van der Waals surface area (Å²) in [5.74, 6) is 0.102. The normalized spacial score (nSPS) is 25.6. The molecule has 2 aliphatic rings. The second-order valence-electron chi connectivity index (χ2n) is 7.77. The summed E-state index contributed by atoms with van der Waals surface area (Å²) in [5, 5.41) is 5.75. The maximum atomic E-state index is 13.7. The number of piperidine rings is 1. The highest BCUT2D eigenvalue weighted by atomic mass is 32.2. The molecular formula is C19H27FN5O2S. The number of H-pyrrole nitrogens is 1. The molecule has 2 saturated heterocycles. The van der Waals surface area contributed by atoms with Crippen LogP contribution in [0.25, 0.3) is 10.9 Å². The molecule has 28 heavy (non-hydrogen) atoms. The van der Waals surface area contributed by atoms with Crippen LogP contribution in [0.2, 0.25) is 0 Å². The molecule has 4 rings (SSSR count). The quantitative estimate of drug-likeness (QED) is 0.834. The van der Waals surface area contributed by atoms with Gasteiger partial charge in [0, 0.05) is 63.9 Å². The molecular weight excluding hydrogens is 381 g/mol. The first-order valence-electron chi connectivity index (χ1n) is 9.71. The van der Waals surface area contributed by atoms with Crippen LogP contribution in [-0.4, -0.2) is 79.9 Å². The summed E-state index contributed by atoms with van der Waals surface area (Å²) in [6.45, 7) is 3.09. The molecule has 2 unspecified atom stereocenters. The number of rotatable bonds is 4. The Hall–Kier alpha value is -1.52. The van der Waals surface area contributed by atoms with Crippen molar-refractivity contribution in [3.63, 3.8) is 0 Å². The average molecular weight is 409 g/mol. The Balaban J connectivity index is 1.44. The Morgan fingerprint density at radius 2 is 1.96 bits per heavy atom. The molecule has 2 atom stereocenters. The van der Waals surface area contributed by atoms with Gasteiger partial charge in [0.25, 0.3) is 10.2 Å². The summed E-state index contributed by atoms with van der Waals surface area (Å²) in [4.78, 5) is 5.53. The van der Waals surface area contributed by atoms with Gasteiger partial charge in [0.05, 0.1) is 6.17 Å². The van der Waals surface area contributed by atoms with Crippen LogP contribution < -0.4 is 5.32 Å². The van der Waals surface area contributed by atoms with E-state index in [9.17, 15) is 12.8 Å². The molecule has 1 aromatic carbocycles. The van der Waals surface area contributed by atoms with Crippen LogP contribution in [0.3, 0.4) is 0 Å². The van der Waals surface area contributed by atoms with E-state index in [1.807, 2.05) is 6.20 Å². The van der Waals surface area contributed by atoms with Crippen molar-refractivity contribution >= 4 is 21.1 Å². The third-order valence-electron chi connectivity index (χ3n) is 5.91. The second kappa shape index (κ2) is 7.72. The molecule has 9 heteroatoms. The number of fused-ring (bicyclic) bond motifs is 1. The van der Waals surface area contributed by atoms with E-state index in [4.69, 9.17) is 5.32 Å². The van der Waals surface area contributed by atoms with Crippen LogP contribution in [-0.2, 0) is 10.2 Å². The van der Waals surface area contributed by atoms with Crippen LogP contribution >= 0.6 is 0 Å². The molecule has 1 N–H and O–H groups in total. The number of aromatic nitrogens is 1. The lowest BCUT2D eigenvalue weighted by Gasteiger charge is -2.41. The standard InChI is InChI=1S/C19H27FN5O2S/c1-23(2)28(26,27)25-9-7-24(8-10-25)19-11-14(5-6-21-19)17-13-22-18-4-3-15(20)12-16(17)18/h3-4,12-14,19,22H,5-11H2,1-2H3. The number of nitrogens with zero attached hydrogens (tertiary/aromatic N) is 4. The zero-order chi connectivity index (χ0) is 19.9. The lowest BCUT2D eigenvalue weighted by atomic mass is 9.88. The minimum Gasteiger partial charge on any atom is -0.361 e. The fraction of sp³-hybridized carbons (Fsp3) is 0.579. The summed E-state index contributed by atoms with van der Waals surface area (Å²) >= 11 is 0. The number of hydrogen-bond donors (Lipinski definition) is 1. The van der Waals surface area contributed by atoms with Crippen molar-refractivity contribution in [3.8, 4) is 0 Å². The minimum atomic E-state index is -3.36. The second-order valence-corrected chi connectivity index (χ2v) is 9.91. The fourth-order valence-electron chi connectivity index (χ4n) is 4.29. The Kier molecular flexibility index (Phi) is 5.45. The lowest BCUT2D eigenvalue weighted by molar-refractivity contribution is 0.0868. The van der Waals surface area contributed by atoms with Crippen LogP contribution in [0.1, 0.15) is 24.3 Å². The third kappa shape index (κ3) is 3.69. The van der Waals surface area contributed by atoms with Gasteiger partial charge in [-0.05, 0) is 42.5 Å². The van der Waals surface area contributed by atoms with Gasteiger partial charge >= 0.3 is 0 Å². The molecule has 153 valence electrons. The van der Waals surface area contributed by atoms with Crippen molar-refractivity contribution in [2.75, 3.05) is 46.8 Å². The summed E-state index contributed by atoms with van der Waals surface area (Å²) in [7, 11) is -0.234. The molecule has 1 radical (unpaired) electrons. The minimum absolute atomic E-state index is 0.0847. The van der Waals surface area contributed by atoms with Crippen molar-refractivity contribution in [1.29, 1.82) is 0 Å². The van der Waals surface area contributed by atoms with E-state index < -0.39 is 10.2 Å². The molecule has 7 nitrogen and oxygen atoms in total. The molecule has 2 fully saturated rings. The topological polar surface area (TPSA) is 73.8 Å². The van der Waals surface area contributed by atoms with Crippen molar-refractivity contribution < 1.29 is 12.8 Å². The van der Waals surface area contributed by atoms with Gasteiger partial charge in [-0.2, -0.15) is 17.0 Å². The first-order chi connectivity index (χ1) is 13.4. The number of aromatic amines is 1. The highest BCUT2D eigenvalue weighted by molar-refractivity contribution is 7.86. The molecule has 2 aliphatic heterocycles. The molecule has 0 amide bonds. The van der Waals surface area contributed by atoms with Gasteiger partial charge in [-0.3, -0.25) is 4.90 Å². The molecule has 0 saturated carbocycles. The van der Waals surface area contributed by atoms with Crippen molar-refractivity contribution in [3.05, 3.63) is 35.8 Å². The average Bonchev–Trinajstić information content (AvgIpc) is 3.11. The molecule has 3 heterocycles. The van der Waals surface area contributed by atoms with E-state index in [-0.39, 0.29) is 12.0 Å². The van der Waals surface area contributed by atoms with Gasteiger partial charge in [-0.15, -0.1) is 0 Å². The highest BCUT2D eigenvalue weighted by Gasteiger charge is 2.34. The summed E-state index contributed by atoms with van der Waals surface area (Å²) < 4.78 is 41.1. The van der Waals surface area contributed by atoms with E-state index in [2.05, 4.69) is 9.88 Å². The lowest BCUT2D eigenvalue weighted by Crippen LogP contribution is -2.57. The van der Waals surface area contributed by atoms with Crippen LogP contribution in [0.15, 0.2) is 24.4 Å². The monoisotopic (exact) mass is 408 g/mol. The van der Waals surface area contributed by atoms with E-state index in [1.165, 1.54) is 14.7 Å². The maximum absolute atomic E-state index is 13.7. The molecule has 0 bridgehead atoms. The Bertz CT molecular complexity index is 937. The van der Waals surface area contributed by atoms with Gasteiger partial charge in [0.2, 0.25) is 0 Å². The van der Waals surface area contributed by atoms with Gasteiger partial charge in [0.15, 0.2) is 0 Å². The van der Waals surface area contributed by atoms with Gasteiger partial charge in [-0.25, -0.2) is 9.71 Å². The predicted molar refractivity (Wildman–Crippen MR) is 107 cm³/mol. The first-order valence-corrected chi connectivity index (χ1v) is 11.1. The van der Waals surface area contributed by atoms with Gasteiger partial charge in [0.1, 0.15) is 5.82 Å². The molecule has 0 spiro atoms. The third-order valence-corrected chi connectivity index (χ3v) is 7.85. The zero-order valence-corrected chi connectivity index (χ0v) is 17.1. The number of halogens is 1. The van der Waals surface area contributed by atoms with Gasteiger partial charge < -0.3 is 4.98 Å². The number of benzene rings is 1. The number of nitrogens with one attached hydrogen (secondary N) is 1. The number of hydrogen-bond acceptors (Lipinski definition) is 3. The van der Waals surface area contributed by atoms with Crippen molar-refractivity contribution in [1.82, 2.24) is 23.8 Å². The van der Waals surface area contributed by atoms with Crippen LogP contribution in [0.4, 0.5) is 4.39 Å².